The molecule has 7 heteroatoms. The summed E-state index contributed by atoms with van der Waals surface area (Å²) in [6, 6.07) is 1.64. The Hall–Kier alpha value is -1.47. The lowest BCUT2D eigenvalue weighted by Gasteiger charge is -2.34. The first kappa shape index (κ1) is 11.6. The van der Waals surface area contributed by atoms with Gasteiger partial charge in [0.2, 0.25) is 0 Å². The Morgan fingerprint density at radius 3 is 2.89 bits per heavy atom. The first-order chi connectivity index (χ1) is 8.58. The van der Waals surface area contributed by atoms with Gasteiger partial charge in [-0.1, -0.05) is 5.16 Å². The van der Waals surface area contributed by atoms with Crippen molar-refractivity contribution in [3.63, 3.8) is 0 Å². The Bertz CT molecular complexity index is 644. The van der Waals surface area contributed by atoms with Crippen LogP contribution in [0.25, 0.3) is 11.5 Å². The molecule has 1 fully saturated rings. The zero-order valence-electron chi connectivity index (χ0n) is 9.44. The average molecular weight is 311 g/mol. The summed E-state index contributed by atoms with van der Waals surface area (Å²) in [6.07, 6.45) is 4.38. The molecule has 1 aliphatic rings. The molecule has 0 saturated heterocycles. The predicted octanol–water partition coefficient (Wildman–Crippen LogP) is 1.53. The molecule has 0 spiro atoms. The number of H-pyrrole nitrogens is 1. The Kier molecular flexibility index (Phi) is 2.60. The minimum Gasteiger partial charge on any atom is -0.334 e. The van der Waals surface area contributed by atoms with Crippen molar-refractivity contribution >= 4 is 15.9 Å². The maximum atomic E-state index is 11.2. The van der Waals surface area contributed by atoms with Gasteiger partial charge in [-0.2, -0.15) is 4.98 Å². The number of hydrogen-bond acceptors (Lipinski definition) is 5. The Morgan fingerprint density at radius 2 is 2.28 bits per heavy atom. The lowest BCUT2D eigenvalue weighted by Crippen LogP contribution is -2.44. The van der Waals surface area contributed by atoms with Gasteiger partial charge in [0.15, 0.2) is 5.82 Å². The van der Waals surface area contributed by atoms with E-state index in [1.165, 1.54) is 6.20 Å². The fourth-order valence-corrected chi connectivity index (χ4v) is 2.26. The maximum absolute atomic E-state index is 11.2. The highest BCUT2D eigenvalue weighted by Crippen LogP contribution is 2.37. The third kappa shape index (κ3) is 1.79. The van der Waals surface area contributed by atoms with Crippen LogP contribution in [0.1, 0.15) is 25.1 Å². The van der Waals surface area contributed by atoms with Crippen LogP contribution in [-0.4, -0.2) is 15.1 Å². The third-order valence-electron chi connectivity index (χ3n) is 3.22. The molecule has 1 aliphatic carbocycles. The molecule has 0 unspecified atom stereocenters. The van der Waals surface area contributed by atoms with Crippen LogP contribution in [0.4, 0.5) is 0 Å². The fourth-order valence-electron chi connectivity index (χ4n) is 1.90. The number of pyridine rings is 1. The molecule has 0 amide bonds. The van der Waals surface area contributed by atoms with E-state index in [0.29, 0.717) is 21.8 Å². The van der Waals surface area contributed by atoms with E-state index >= 15 is 0 Å². The standard InChI is InChI=1S/C11H11BrN4O2/c12-7-4-6(5-14-8(7)17)9-15-10(16-18-9)11(13)2-1-3-11/h4-5H,1-3,13H2,(H,14,17). The Labute approximate surface area is 111 Å². The molecule has 3 N–H and O–H groups in total. The second-order valence-corrected chi connectivity index (χ2v) is 5.35. The summed E-state index contributed by atoms with van der Waals surface area (Å²) in [5.41, 5.74) is 6.13. The van der Waals surface area contributed by atoms with Crippen molar-refractivity contribution in [3.05, 3.63) is 32.9 Å². The molecule has 0 radical (unpaired) electrons. The summed E-state index contributed by atoms with van der Waals surface area (Å²) in [7, 11) is 0. The minimum atomic E-state index is -0.443. The monoisotopic (exact) mass is 310 g/mol. The number of rotatable bonds is 2. The number of hydrogen-bond donors (Lipinski definition) is 2. The van der Waals surface area contributed by atoms with Crippen LogP contribution in [0.2, 0.25) is 0 Å². The van der Waals surface area contributed by atoms with E-state index < -0.39 is 5.54 Å². The van der Waals surface area contributed by atoms with Crippen LogP contribution < -0.4 is 11.3 Å². The zero-order valence-corrected chi connectivity index (χ0v) is 11.0. The van der Waals surface area contributed by atoms with Crippen LogP contribution in [0.3, 0.4) is 0 Å². The van der Waals surface area contributed by atoms with Gasteiger partial charge < -0.3 is 15.2 Å². The summed E-state index contributed by atoms with van der Waals surface area (Å²) in [5, 5.41) is 3.92. The van der Waals surface area contributed by atoms with Gasteiger partial charge in [-0.15, -0.1) is 0 Å². The summed E-state index contributed by atoms with van der Waals surface area (Å²) in [6.45, 7) is 0. The number of aromatic nitrogens is 3. The van der Waals surface area contributed by atoms with Gasteiger partial charge in [0.1, 0.15) is 0 Å². The van der Waals surface area contributed by atoms with Gasteiger partial charge in [0.25, 0.3) is 11.4 Å². The van der Waals surface area contributed by atoms with Crippen LogP contribution in [0, 0.1) is 0 Å². The van der Waals surface area contributed by atoms with Crippen LogP contribution in [0.15, 0.2) is 26.1 Å². The van der Waals surface area contributed by atoms with Gasteiger partial charge in [-0.25, -0.2) is 0 Å². The van der Waals surface area contributed by atoms with Crippen LogP contribution in [0.5, 0.6) is 0 Å². The smallest absolute Gasteiger partial charge is 0.262 e. The molecule has 0 bridgehead atoms. The normalized spacial score (nSPS) is 17.4. The van der Waals surface area contributed by atoms with E-state index in [1.807, 2.05) is 0 Å². The molecule has 0 atom stereocenters. The van der Waals surface area contributed by atoms with Gasteiger partial charge in [0, 0.05) is 6.20 Å². The number of nitrogens with zero attached hydrogens (tertiary/aromatic N) is 2. The topological polar surface area (TPSA) is 97.8 Å². The molecule has 18 heavy (non-hydrogen) atoms. The lowest BCUT2D eigenvalue weighted by atomic mass is 9.77. The fraction of sp³-hybridized carbons (Fsp3) is 0.364. The Morgan fingerprint density at radius 1 is 1.50 bits per heavy atom. The molecule has 0 aromatic carbocycles. The van der Waals surface area contributed by atoms with Crippen molar-refractivity contribution in [1.82, 2.24) is 15.1 Å². The van der Waals surface area contributed by atoms with E-state index in [2.05, 4.69) is 31.1 Å². The molecule has 2 aromatic heterocycles. The van der Waals surface area contributed by atoms with Crippen LogP contribution in [-0.2, 0) is 5.54 Å². The van der Waals surface area contributed by atoms with Crippen molar-refractivity contribution in [2.75, 3.05) is 0 Å². The second kappa shape index (κ2) is 4.03. The van der Waals surface area contributed by atoms with E-state index in [-0.39, 0.29) is 5.56 Å². The highest BCUT2D eigenvalue weighted by atomic mass is 79.9. The number of nitrogens with one attached hydrogen (secondary N) is 1. The lowest BCUT2D eigenvalue weighted by molar-refractivity contribution is 0.229. The van der Waals surface area contributed by atoms with Crippen LogP contribution >= 0.6 is 15.9 Å². The van der Waals surface area contributed by atoms with E-state index in [4.69, 9.17) is 10.3 Å². The van der Waals surface area contributed by atoms with E-state index in [0.717, 1.165) is 19.3 Å². The van der Waals surface area contributed by atoms with E-state index in [1.54, 1.807) is 6.07 Å². The maximum Gasteiger partial charge on any atom is 0.262 e. The number of aromatic amines is 1. The molecule has 2 aromatic rings. The largest absolute Gasteiger partial charge is 0.334 e. The SMILES string of the molecule is NC1(c2noc(-c3c[nH]c(=O)c(Br)c3)n2)CCC1. The van der Waals surface area contributed by atoms with Crippen molar-refractivity contribution in [3.8, 4) is 11.5 Å². The van der Waals surface area contributed by atoms with Crippen molar-refractivity contribution in [2.45, 2.75) is 24.8 Å². The number of nitrogens with two attached hydrogens (primary N) is 1. The van der Waals surface area contributed by atoms with E-state index in [9.17, 15) is 4.79 Å². The summed E-state index contributed by atoms with van der Waals surface area (Å²) >= 11 is 3.16. The first-order valence-corrected chi connectivity index (χ1v) is 6.39. The molecule has 3 rings (SSSR count). The average Bonchev–Trinajstić information content (AvgIpc) is 2.79. The molecule has 1 saturated carbocycles. The highest BCUT2D eigenvalue weighted by Gasteiger charge is 2.39. The first-order valence-electron chi connectivity index (χ1n) is 5.60. The molecule has 2 heterocycles. The zero-order chi connectivity index (χ0) is 12.8. The molecule has 94 valence electrons. The molecular formula is C11H11BrN4O2. The predicted molar refractivity (Wildman–Crippen MR) is 67.8 cm³/mol. The molecule has 0 aliphatic heterocycles. The van der Waals surface area contributed by atoms with Gasteiger partial charge in [-0.05, 0) is 41.3 Å². The third-order valence-corrected chi connectivity index (χ3v) is 3.81. The van der Waals surface area contributed by atoms with Gasteiger partial charge >= 0.3 is 0 Å². The minimum absolute atomic E-state index is 0.201. The second-order valence-electron chi connectivity index (χ2n) is 4.50. The van der Waals surface area contributed by atoms with Gasteiger partial charge in [0.05, 0.1) is 15.6 Å². The van der Waals surface area contributed by atoms with Crippen molar-refractivity contribution < 1.29 is 4.52 Å². The number of halogens is 1. The molecular weight excluding hydrogens is 300 g/mol. The van der Waals surface area contributed by atoms with Crippen molar-refractivity contribution in [2.24, 2.45) is 5.73 Å². The Balaban J connectivity index is 1.97. The quantitative estimate of drug-likeness (QED) is 0.876. The summed E-state index contributed by atoms with van der Waals surface area (Å²) in [5.74, 6) is 0.893. The van der Waals surface area contributed by atoms with Gasteiger partial charge in [-0.3, -0.25) is 4.79 Å². The molecule has 6 nitrogen and oxygen atoms in total. The van der Waals surface area contributed by atoms with Crippen molar-refractivity contribution in [1.29, 1.82) is 0 Å². The summed E-state index contributed by atoms with van der Waals surface area (Å²) in [4.78, 5) is 18.1. The summed E-state index contributed by atoms with van der Waals surface area (Å²) < 4.78 is 5.61. The highest BCUT2D eigenvalue weighted by molar-refractivity contribution is 9.10.